The van der Waals surface area contributed by atoms with Gasteiger partial charge in [-0.1, -0.05) is 54.9 Å². The number of nitrogens with zero attached hydrogens (tertiary/aromatic N) is 1. The lowest BCUT2D eigenvalue weighted by Gasteiger charge is -2.30. The molecule has 1 aliphatic rings. The van der Waals surface area contributed by atoms with Gasteiger partial charge in [0.25, 0.3) is 5.91 Å². The van der Waals surface area contributed by atoms with Gasteiger partial charge in [0.1, 0.15) is 0 Å². The predicted molar refractivity (Wildman–Crippen MR) is 125 cm³/mol. The molecule has 1 unspecified atom stereocenters. The highest BCUT2D eigenvalue weighted by atomic mass is 35.5. The van der Waals surface area contributed by atoms with E-state index in [2.05, 4.69) is 23.6 Å². The molecule has 0 bridgehead atoms. The smallest absolute Gasteiger partial charge is 0.254 e. The third kappa shape index (κ3) is 4.56. The Labute approximate surface area is 187 Å². The Morgan fingerprint density at radius 3 is 2.57 bits per heavy atom. The van der Waals surface area contributed by atoms with E-state index in [0.717, 1.165) is 39.7 Å². The van der Waals surface area contributed by atoms with Crippen molar-refractivity contribution in [2.24, 2.45) is 0 Å². The molecule has 3 rings (SSSR count). The molecule has 1 amide bonds. The van der Waals surface area contributed by atoms with Crippen LogP contribution in [0.4, 0.5) is 5.69 Å². The number of hydrogen-bond donors (Lipinski definition) is 2. The molecular weight excluding hydrogens is 414 g/mol. The summed E-state index contributed by atoms with van der Waals surface area (Å²) in [4.78, 5) is 13.4. The van der Waals surface area contributed by atoms with E-state index in [9.17, 15) is 10.1 Å². The van der Waals surface area contributed by atoms with E-state index in [4.69, 9.17) is 11.6 Å². The van der Waals surface area contributed by atoms with Gasteiger partial charge >= 0.3 is 0 Å². The van der Waals surface area contributed by atoms with E-state index in [1.54, 1.807) is 17.8 Å². The second-order valence-corrected chi connectivity index (χ2v) is 8.60. The van der Waals surface area contributed by atoms with Crippen LogP contribution in [-0.2, 0) is 4.79 Å². The molecule has 0 aromatic heterocycles. The summed E-state index contributed by atoms with van der Waals surface area (Å²) in [6, 6.07) is 17.4. The van der Waals surface area contributed by atoms with Gasteiger partial charge in [0.2, 0.25) is 0 Å². The SMILES string of the molecule is CCCSC1=C(C#N)C(c2ccccc2Cl)C(C(=O)Nc2ccccc2C)=C(C)N1. The van der Waals surface area contributed by atoms with Crippen molar-refractivity contribution < 1.29 is 4.79 Å². The van der Waals surface area contributed by atoms with Gasteiger partial charge in [-0.2, -0.15) is 5.26 Å². The van der Waals surface area contributed by atoms with E-state index in [0.29, 0.717) is 16.2 Å². The maximum atomic E-state index is 13.4. The Morgan fingerprint density at radius 1 is 1.20 bits per heavy atom. The van der Waals surface area contributed by atoms with Crippen molar-refractivity contribution >= 4 is 35.0 Å². The number of para-hydroxylation sites is 1. The number of nitrogens with one attached hydrogen (secondary N) is 2. The number of carbonyl (C=O) groups excluding carboxylic acids is 1. The first kappa shape index (κ1) is 22.0. The van der Waals surface area contributed by atoms with E-state index in [1.165, 1.54) is 0 Å². The predicted octanol–water partition coefficient (Wildman–Crippen LogP) is 6.13. The Balaban J connectivity index is 2.10. The number of amides is 1. The van der Waals surface area contributed by atoms with Crippen LogP contribution in [0.1, 0.15) is 37.3 Å². The van der Waals surface area contributed by atoms with Crippen molar-refractivity contribution in [3.05, 3.63) is 86.6 Å². The summed E-state index contributed by atoms with van der Waals surface area (Å²) in [5.41, 5.74) is 4.21. The van der Waals surface area contributed by atoms with Crippen LogP contribution in [-0.4, -0.2) is 11.7 Å². The summed E-state index contributed by atoms with van der Waals surface area (Å²) in [7, 11) is 0. The number of halogens is 1. The molecule has 1 aliphatic heterocycles. The Hall–Kier alpha value is -2.68. The number of aryl methyl sites for hydroxylation is 1. The zero-order valence-corrected chi connectivity index (χ0v) is 18.8. The fraction of sp³-hybridized carbons (Fsp3) is 0.250. The summed E-state index contributed by atoms with van der Waals surface area (Å²) >= 11 is 8.12. The first-order valence-corrected chi connectivity index (χ1v) is 11.2. The first-order chi connectivity index (χ1) is 14.5. The molecule has 1 atom stereocenters. The molecule has 0 radical (unpaired) electrons. The van der Waals surface area contributed by atoms with Gasteiger partial charge in [0, 0.05) is 22.0 Å². The molecule has 2 aromatic rings. The van der Waals surface area contributed by atoms with E-state index in [-0.39, 0.29) is 5.91 Å². The summed E-state index contributed by atoms with van der Waals surface area (Å²) in [6.45, 7) is 5.91. The molecule has 0 aliphatic carbocycles. The highest BCUT2D eigenvalue weighted by Crippen LogP contribution is 2.43. The average Bonchev–Trinajstić information content (AvgIpc) is 2.73. The molecule has 0 spiro atoms. The lowest BCUT2D eigenvalue weighted by molar-refractivity contribution is -0.113. The molecular formula is C24H24ClN3OS. The maximum Gasteiger partial charge on any atom is 0.254 e. The molecule has 2 aromatic carbocycles. The van der Waals surface area contributed by atoms with Crippen LogP contribution in [0, 0.1) is 18.3 Å². The highest BCUT2D eigenvalue weighted by molar-refractivity contribution is 8.03. The fourth-order valence-electron chi connectivity index (χ4n) is 3.45. The zero-order valence-electron chi connectivity index (χ0n) is 17.3. The van der Waals surface area contributed by atoms with Gasteiger partial charge in [-0.05, 0) is 49.3 Å². The number of thioether (sulfide) groups is 1. The number of allylic oxidation sites excluding steroid dienone is 2. The van der Waals surface area contributed by atoms with Crippen LogP contribution in [0.3, 0.4) is 0 Å². The molecule has 4 nitrogen and oxygen atoms in total. The second-order valence-electron chi connectivity index (χ2n) is 7.09. The number of anilines is 1. The van der Waals surface area contributed by atoms with Crippen molar-refractivity contribution in [1.82, 2.24) is 5.32 Å². The van der Waals surface area contributed by atoms with Crippen molar-refractivity contribution in [2.45, 2.75) is 33.1 Å². The van der Waals surface area contributed by atoms with E-state index in [1.807, 2.05) is 56.3 Å². The topological polar surface area (TPSA) is 64.9 Å². The number of hydrogen-bond acceptors (Lipinski definition) is 4. The number of dihydropyridines is 1. The first-order valence-electron chi connectivity index (χ1n) is 9.84. The minimum absolute atomic E-state index is 0.244. The minimum atomic E-state index is -0.534. The van der Waals surface area contributed by atoms with Crippen LogP contribution in [0.25, 0.3) is 0 Å². The summed E-state index contributed by atoms with van der Waals surface area (Å²) in [6.07, 6.45) is 0.981. The van der Waals surface area contributed by atoms with Crippen LogP contribution < -0.4 is 10.6 Å². The lowest BCUT2D eigenvalue weighted by atomic mass is 9.82. The summed E-state index contributed by atoms with van der Waals surface area (Å²) in [5, 5.41) is 17.7. The highest BCUT2D eigenvalue weighted by Gasteiger charge is 2.35. The lowest BCUT2D eigenvalue weighted by Crippen LogP contribution is -2.31. The molecule has 0 saturated heterocycles. The third-order valence-electron chi connectivity index (χ3n) is 4.95. The van der Waals surface area contributed by atoms with Crippen LogP contribution in [0.2, 0.25) is 5.02 Å². The molecule has 6 heteroatoms. The molecule has 2 N–H and O–H groups in total. The van der Waals surface area contributed by atoms with Crippen LogP contribution >= 0.6 is 23.4 Å². The van der Waals surface area contributed by atoms with Crippen LogP contribution in [0.15, 0.2) is 70.4 Å². The Kier molecular flexibility index (Phi) is 7.25. The average molecular weight is 438 g/mol. The van der Waals surface area contributed by atoms with Crippen molar-refractivity contribution in [3.8, 4) is 6.07 Å². The van der Waals surface area contributed by atoms with Gasteiger partial charge in [-0.25, -0.2) is 0 Å². The minimum Gasteiger partial charge on any atom is -0.353 e. The monoisotopic (exact) mass is 437 g/mol. The number of benzene rings is 2. The van der Waals surface area contributed by atoms with E-state index >= 15 is 0 Å². The van der Waals surface area contributed by atoms with Gasteiger partial charge in [0.15, 0.2) is 0 Å². The Morgan fingerprint density at radius 2 is 1.90 bits per heavy atom. The standard InChI is InChI=1S/C24H24ClN3OS/c1-4-13-30-24-18(14-26)22(17-10-6-7-11-19(17)25)21(16(3)27-24)23(29)28-20-12-8-5-9-15(20)2/h5-12,22,27H,4,13H2,1-3H3,(H,28,29). The normalized spacial score (nSPS) is 16.2. The Bertz CT molecular complexity index is 1070. The molecule has 30 heavy (non-hydrogen) atoms. The molecule has 0 saturated carbocycles. The van der Waals surface area contributed by atoms with Crippen molar-refractivity contribution in [2.75, 3.05) is 11.1 Å². The summed E-state index contributed by atoms with van der Waals surface area (Å²) < 4.78 is 0. The maximum absolute atomic E-state index is 13.4. The van der Waals surface area contributed by atoms with Crippen molar-refractivity contribution in [1.29, 1.82) is 5.26 Å². The second kappa shape index (κ2) is 9.88. The summed E-state index contributed by atoms with van der Waals surface area (Å²) in [5.74, 6) is 0.0978. The zero-order chi connectivity index (χ0) is 21.7. The van der Waals surface area contributed by atoms with Gasteiger partial charge in [-0.3, -0.25) is 4.79 Å². The van der Waals surface area contributed by atoms with Gasteiger partial charge in [-0.15, -0.1) is 11.8 Å². The van der Waals surface area contributed by atoms with E-state index < -0.39 is 5.92 Å². The largest absolute Gasteiger partial charge is 0.353 e. The molecule has 1 heterocycles. The number of carbonyl (C=O) groups is 1. The van der Waals surface area contributed by atoms with Gasteiger partial charge in [0.05, 0.1) is 22.6 Å². The number of rotatable bonds is 6. The van der Waals surface area contributed by atoms with Gasteiger partial charge < -0.3 is 10.6 Å². The number of nitriles is 1. The van der Waals surface area contributed by atoms with Crippen molar-refractivity contribution in [3.63, 3.8) is 0 Å². The fourth-order valence-corrected chi connectivity index (χ4v) is 4.65. The molecule has 154 valence electrons. The third-order valence-corrected chi connectivity index (χ3v) is 6.52. The quantitative estimate of drug-likeness (QED) is 0.570. The molecule has 0 fully saturated rings. The van der Waals surface area contributed by atoms with Crippen LogP contribution in [0.5, 0.6) is 0 Å².